The van der Waals surface area contributed by atoms with Crippen LogP contribution >= 0.6 is 0 Å². The van der Waals surface area contributed by atoms with Gasteiger partial charge in [0, 0.05) is 68.3 Å². The normalized spacial score (nSPS) is 22.0. The standard InChI is InChI=1S/C20H32N4O3/c1-4-27-20(26)24-10-8-23(9-11-24)17-6-5-7-22(13-17)14-18-16(3)19(25)15(2)12-21-18/h12,17H,4-11,13-14H2,1-3H3,(H,21,25)/t17-/m0/s1. The van der Waals surface area contributed by atoms with Crippen molar-refractivity contribution in [1.82, 2.24) is 19.7 Å². The van der Waals surface area contributed by atoms with E-state index in [1.807, 2.05) is 27.0 Å². The lowest BCUT2D eigenvalue weighted by molar-refractivity contribution is 0.0409. The van der Waals surface area contributed by atoms with Crippen LogP contribution in [0, 0.1) is 13.8 Å². The van der Waals surface area contributed by atoms with E-state index in [4.69, 9.17) is 4.74 Å². The maximum atomic E-state index is 12.2. The number of piperidine rings is 1. The molecule has 7 heteroatoms. The summed E-state index contributed by atoms with van der Waals surface area (Å²) in [6, 6.07) is 0.514. The van der Waals surface area contributed by atoms with Crippen LogP contribution in [0.1, 0.15) is 36.6 Å². The highest BCUT2D eigenvalue weighted by Crippen LogP contribution is 2.20. The van der Waals surface area contributed by atoms with E-state index >= 15 is 0 Å². The van der Waals surface area contributed by atoms with Gasteiger partial charge in [0.2, 0.25) is 0 Å². The van der Waals surface area contributed by atoms with Gasteiger partial charge in [-0.05, 0) is 40.2 Å². The predicted molar refractivity (Wildman–Crippen MR) is 105 cm³/mol. The van der Waals surface area contributed by atoms with Gasteiger partial charge >= 0.3 is 6.09 Å². The third-order valence-corrected chi connectivity index (χ3v) is 5.83. The summed E-state index contributed by atoms with van der Waals surface area (Å²) in [4.78, 5) is 34.1. The van der Waals surface area contributed by atoms with Crippen LogP contribution in [0.3, 0.4) is 0 Å². The van der Waals surface area contributed by atoms with Crippen molar-refractivity contribution >= 4 is 6.09 Å². The number of carbonyl (C=O) groups is 1. The zero-order chi connectivity index (χ0) is 19.4. The van der Waals surface area contributed by atoms with Crippen molar-refractivity contribution in [1.29, 1.82) is 0 Å². The van der Waals surface area contributed by atoms with Gasteiger partial charge in [-0.15, -0.1) is 0 Å². The molecule has 1 N–H and O–H groups in total. The number of aromatic amines is 1. The van der Waals surface area contributed by atoms with E-state index < -0.39 is 0 Å². The molecule has 150 valence electrons. The first kappa shape index (κ1) is 19.9. The van der Waals surface area contributed by atoms with Gasteiger partial charge in [0.25, 0.3) is 0 Å². The molecule has 0 saturated carbocycles. The van der Waals surface area contributed by atoms with E-state index in [-0.39, 0.29) is 11.5 Å². The highest BCUT2D eigenvalue weighted by molar-refractivity contribution is 5.67. The number of piperazine rings is 1. The highest BCUT2D eigenvalue weighted by atomic mass is 16.6. The summed E-state index contributed by atoms with van der Waals surface area (Å²) < 4.78 is 5.11. The Labute approximate surface area is 161 Å². The summed E-state index contributed by atoms with van der Waals surface area (Å²) in [6.07, 6.45) is 3.99. The summed E-state index contributed by atoms with van der Waals surface area (Å²) in [5.41, 5.74) is 2.78. The van der Waals surface area contributed by atoms with Crippen LogP contribution in [-0.2, 0) is 11.3 Å². The van der Waals surface area contributed by atoms with Gasteiger partial charge in [-0.2, -0.15) is 0 Å². The van der Waals surface area contributed by atoms with Crippen molar-refractivity contribution < 1.29 is 9.53 Å². The smallest absolute Gasteiger partial charge is 0.409 e. The largest absolute Gasteiger partial charge is 0.450 e. The Morgan fingerprint density at radius 1 is 1.22 bits per heavy atom. The molecule has 0 bridgehead atoms. The highest BCUT2D eigenvalue weighted by Gasteiger charge is 2.30. The summed E-state index contributed by atoms with van der Waals surface area (Å²) >= 11 is 0. The fourth-order valence-corrected chi connectivity index (χ4v) is 4.15. The lowest BCUT2D eigenvalue weighted by Gasteiger charge is -2.43. The number of hydrogen-bond donors (Lipinski definition) is 1. The molecule has 1 aromatic heterocycles. The molecular weight excluding hydrogens is 344 g/mol. The van der Waals surface area contributed by atoms with Crippen molar-refractivity contribution in [3.05, 3.63) is 33.2 Å². The van der Waals surface area contributed by atoms with Crippen molar-refractivity contribution in [3.8, 4) is 0 Å². The first-order chi connectivity index (χ1) is 13.0. The minimum Gasteiger partial charge on any atom is -0.450 e. The Morgan fingerprint density at radius 2 is 1.96 bits per heavy atom. The number of likely N-dealkylation sites (tertiary alicyclic amines) is 1. The molecule has 7 nitrogen and oxygen atoms in total. The maximum absolute atomic E-state index is 12.2. The number of hydrogen-bond acceptors (Lipinski definition) is 5. The average Bonchev–Trinajstić information content (AvgIpc) is 2.69. The minimum atomic E-state index is -0.193. The summed E-state index contributed by atoms with van der Waals surface area (Å²) in [5, 5.41) is 0. The van der Waals surface area contributed by atoms with Crippen molar-refractivity contribution in [2.75, 3.05) is 45.9 Å². The van der Waals surface area contributed by atoms with Gasteiger partial charge < -0.3 is 14.6 Å². The Morgan fingerprint density at radius 3 is 2.67 bits per heavy atom. The minimum absolute atomic E-state index is 0.146. The molecule has 0 aliphatic carbocycles. The molecule has 1 atom stereocenters. The molecule has 2 aliphatic heterocycles. The molecule has 0 spiro atoms. The van der Waals surface area contributed by atoms with Crippen LogP contribution in [0.5, 0.6) is 0 Å². The van der Waals surface area contributed by atoms with Crippen molar-refractivity contribution in [2.24, 2.45) is 0 Å². The zero-order valence-corrected chi connectivity index (χ0v) is 16.8. The second kappa shape index (κ2) is 8.89. The van der Waals surface area contributed by atoms with Gasteiger partial charge in [0.15, 0.2) is 5.43 Å². The van der Waals surface area contributed by atoms with E-state index in [0.29, 0.717) is 12.6 Å². The maximum Gasteiger partial charge on any atom is 0.409 e. The first-order valence-electron chi connectivity index (χ1n) is 10.1. The number of carbonyl (C=O) groups excluding carboxylic acids is 1. The molecule has 2 fully saturated rings. The number of pyridine rings is 1. The number of ether oxygens (including phenoxy) is 1. The number of rotatable bonds is 4. The van der Waals surface area contributed by atoms with E-state index in [2.05, 4.69) is 14.8 Å². The number of H-pyrrole nitrogens is 1. The predicted octanol–water partition coefficient (Wildman–Crippen LogP) is 1.73. The molecule has 1 amide bonds. The molecule has 2 aliphatic rings. The second-order valence-corrected chi connectivity index (χ2v) is 7.66. The quantitative estimate of drug-likeness (QED) is 0.867. The van der Waals surface area contributed by atoms with Crippen LogP contribution in [0.4, 0.5) is 4.79 Å². The van der Waals surface area contributed by atoms with Crippen molar-refractivity contribution in [3.63, 3.8) is 0 Å². The number of aromatic nitrogens is 1. The third-order valence-electron chi connectivity index (χ3n) is 5.83. The molecule has 0 unspecified atom stereocenters. The summed E-state index contributed by atoms with van der Waals surface area (Å²) in [5.74, 6) is 0. The van der Waals surface area contributed by atoms with Crippen molar-refractivity contribution in [2.45, 2.75) is 46.2 Å². The van der Waals surface area contributed by atoms with E-state index in [9.17, 15) is 9.59 Å². The van der Waals surface area contributed by atoms with Gasteiger partial charge in [-0.1, -0.05) is 0 Å². The molecule has 3 rings (SSSR count). The van der Waals surface area contributed by atoms with Gasteiger partial charge in [-0.3, -0.25) is 14.6 Å². The Bertz CT molecular complexity index is 710. The van der Waals surface area contributed by atoms with Crippen LogP contribution in [0.15, 0.2) is 11.0 Å². The molecule has 0 aromatic carbocycles. The molecule has 27 heavy (non-hydrogen) atoms. The number of amides is 1. The van der Waals surface area contributed by atoms with E-state index in [1.54, 1.807) is 4.90 Å². The monoisotopic (exact) mass is 376 g/mol. The Balaban J connectivity index is 1.55. The lowest BCUT2D eigenvalue weighted by atomic mass is 10.0. The van der Waals surface area contributed by atoms with E-state index in [1.165, 1.54) is 6.42 Å². The van der Waals surface area contributed by atoms with Crippen LogP contribution in [0.25, 0.3) is 0 Å². The average molecular weight is 377 g/mol. The lowest BCUT2D eigenvalue weighted by Crippen LogP contribution is -2.55. The van der Waals surface area contributed by atoms with E-state index in [0.717, 1.165) is 69.1 Å². The fraction of sp³-hybridized carbons (Fsp3) is 0.700. The molecular formula is C20H32N4O3. The van der Waals surface area contributed by atoms with Gasteiger partial charge in [-0.25, -0.2) is 4.79 Å². The fourth-order valence-electron chi connectivity index (χ4n) is 4.15. The van der Waals surface area contributed by atoms with Crippen LogP contribution in [0.2, 0.25) is 0 Å². The number of nitrogens with one attached hydrogen (secondary N) is 1. The molecule has 3 heterocycles. The second-order valence-electron chi connectivity index (χ2n) is 7.66. The van der Waals surface area contributed by atoms with Crippen LogP contribution < -0.4 is 5.43 Å². The third kappa shape index (κ3) is 4.71. The topological polar surface area (TPSA) is 68.9 Å². The number of nitrogens with zero attached hydrogens (tertiary/aromatic N) is 3. The Hall–Kier alpha value is -1.86. The zero-order valence-electron chi connectivity index (χ0n) is 16.8. The SMILES string of the molecule is CCOC(=O)N1CCN([C@H]2CCCN(Cc3[nH]cc(C)c(=O)c3C)C2)CC1. The molecule has 0 radical (unpaired) electrons. The van der Waals surface area contributed by atoms with Crippen LogP contribution in [-0.4, -0.2) is 77.7 Å². The van der Waals surface area contributed by atoms with Gasteiger partial charge in [0.05, 0.1) is 6.61 Å². The Kier molecular flexibility index (Phi) is 6.55. The van der Waals surface area contributed by atoms with Gasteiger partial charge in [0.1, 0.15) is 0 Å². The summed E-state index contributed by atoms with van der Waals surface area (Å²) in [6.45, 7) is 12.2. The molecule has 2 saturated heterocycles. The number of aryl methyl sites for hydroxylation is 1. The summed E-state index contributed by atoms with van der Waals surface area (Å²) in [7, 11) is 0. The first-order valence-corrected chi connectivity index (χ1v) is 10.1. The molecule has 1 aromatic rings.